The Morgan fingerprint density at radius 3 is 2.47 bits per heavy atom. The highest BCUT2D eigenvalue weighted by atomic mass is 32.2. The summed E-state index contributed by atoms with van der Waals surface area (Å²) in [6.07, 6.45) is 8.53. The molecule has 1 fully saturated rings. The minimum absolute atomic E-state index is 0.360. The first kappa shape index (κ1) is 22.3. The van der Waals surface area contributed by atoms with Crippen LogP contribution in [-0.2, 0) is 20.0 Å². The third kappa shape index (κ3) is 5.18. The molecule has 2 aliphatic carbocycles. The van der Waals surface area contributed by atoms with Gasteiger partial charge in [-0.1, -0.05) is 18.7 Å². The molecule has 30 heavy (non-hydrogen) atoms. The van der Waals surface area contributed by atoms with Crippen LogP contribution >= 0.6 is 0 Å². The normalized spacial score (nSPS) is 19.8. The van der Waals surface area contributed by atoms with Gasteiger partial charge in [0.05, 0.1) is 9.79 Å². The molecule has 0 bridgehead atoms. The van der Waals surface area contributed by atoms with Gasteiger partial charge in [0, 0.05) is 5.70 Å². The van der Waals surface area contributed by atoms with Crippen molar-refractivity contribution in [3.8, 4) is 0 Å². The largest absolute Gasteiger partial charge is 0.333 e. The molecule has 2 aliphatic rings. The van der Waals surface area contributed by atoms with Gasteiger partial charge in [-0.05, 0) is 79.9 Å². The second-order valence-corrected chi connectivity index (χ2v) is 10.6. The van der Waals surface area contributed by atoms with E-state index in [-0.39, 0.29) is 9.79 Å². The Morgan fingerprint density at radius 2 is 1.73 bits per heavy atom. The molecule has 0 aromatic heterocycles. The third-order valence-electron chi connectivity index (χ3n) is 5.15. The maximum atomic E-state index is 12.6. The third-order valence-corrected chi connectivity index (χ3v) is 7.39. The number of benzene rings is 1. The molecule has 162 valence electrons. The van der Waals surface area contributed by atoms with E-state index >= 15 is 0 Å². The summed E-state index contributed by atoms with van der Waals surface area (Å²) in [5, 5.41) is 7.73. The van der Waals surface area contributed by atoms with Crippen LogP contribution in [0.5, 0.6) is 0 Å². The molecule has 0 radical (unpaired) electrons. The molecule has 8 nitrogen and oxygen atoms in total. The first-order valence-electron chi connectivity index (χ1n) is 9.65. The van der Waals surface area contributed by atoms with Gasteiger partial charge in [0.25, 0.3) is 10.0 Å². The topological polar surface area (TPSA) is 135 Å². The molecular weight excluding hydrogens is 426 g/mol. The maximum absolute atomic E-state index is 12.6. The number of rotatable bonds is 4. The molecule has 1 aromatic carbocycles. The summed E-state index contributed by atoms with van der Waals surface area (Å²) in [6, 6.07) is 3.58. The first-order valence-corrected chi connectivity index (χ1v) is 12.7. The molecule has 10 heteroatoms. The number of sulfonamides is 2. The number of hydrogen-bond donors (Lipinski definition) is 3. The van der Waals surface area contributed by atoms with Gasteiger partial charge in [0.2, 0.25) is 10.0 Å². The van der Waals surface area contributed by atoms with Gasteiger partial charge in [-0.2, -0.15) is 0 Å². The number of carbonyl (C=O) groups is 1. The minimum atomic E-state index is -4.31. The van der Waals surface area contributed by atoms with Gasteiger partial charge in [-0.3, -0.25) is 0 Å². The smallest absolute Gasteiger partial charge is 0.307 e. The fourth-order valence-corrected chi connectivity index (χ4v) is 5.26. The Kier molecular flexibility index (Phi) is 6.49. The summed E-state index contributed by atoms with van der Waals surface area (Å²) in [5.74, 6) is 0. The Labute approximate surface area is 177 Å². The van der Waals surface area contributed by atoms with Crippen molar-refractivity contribution < 1.29 is 21.6 Å². The fraction of sp³-hybridized carbons (Fsp3) is 0.350. The Bertz CT molecular complexity index is 1150. The molecule has 0 unspecified atom stereocenters. The van der Waals surface area contributed by atoms with Crippen molar-refractivity contribution in [3.63, 3.8) is 0 Å². The zero-order chi connectivity index (χ0) is 21.9. The highest BCUT2D eigenvalue weighted by Gasteiger charge is 2.24. The SMILES string of the molecule is C=C1CCCC/C=C2/CCCC2=C1NC(=O)NS(=O)(=O)c1cccc(S(N)(=O)=O)c1. The number of fused-ring (bicyclic) bond motifs is 1. The van der Waals surface area contributed by atoms with E-state index in [0.29, 0.717) is 12.1 Å². The summed E-state index contributed by atoms with van der Waals surface area (Å²) < 4.78 is 50.1. The zero-order valence-electron chi connectivity index (χ0n) is 16.5. The van der Waals surface area contributed by atoms with E-state index in [1.165, 1.54) is 23.8 Å². The Balaban J connectivity index is 1.85. The second kappa shape index (κ2) is 8.75. The van der Waals surface area contributed by atoms with Gasteiger partial charge in [-0.15, -0.1) is 0 Å². The number of urea groups is 1. The number of nitrogens with one attached hydrogen (secondary N) is 2. The lowest BCUT2D eigenvalue weighted by Crippen LogP contribution is -2.39. The molecule has 0 aliphatic heterocycles. The summed E-state index contributed by atoms with van der Waals surface area (Å²) >= 11 is 0. The van der Waals surface area contributed by atoms with E-state index in [0.717, 1.165) is 55.7 Å². The molecule has 1 aromatic rings. The van der Waals surface area contributed by atoms with Crippen LogP contribution < -0.4 is 15.2 Å². The number of amides is 2. The maximum Gasteiger partial charge on any atom is 0.333 e. The summed E-state index contributed by atoms with van der Waals surface area (Å²) in [6.45, 7) is 4.09. The van der Waals surface area contributed by atoms with Crippen molar-refractivity contribution in [2.45, 2.75) is 54.7 Å². The number of nitrogens with two attached hydrogens (primary N) is 1. The lowest BCUT2D eigenvalue weighted by atomic mass is 10.0. The number of carbonyl (C=O) groups excluding carboxylic acids is 1. The molecule has 4 N–H and O–H groups in total. The van der Waals surface area contributed by atoms with E-state index in [1.807, 2.05) is 4.72 Å². The zero-order valence-corrected chi connectivity index (χ0v) is 18.1. The average molecular weight is 452 g/mol. The molecular formula is C20H25N3O5S2. The highest BCUT2D eigenvalue weighted by Crippen LogP contribution is 2.36. The lowest BCUT2D eigenvalue weighted by Gasteiger charge is -2.17. The lowest BCUT2D eigenvalue weighted by molar-refractivity contribution is 0.248. The van der Waals surface area contributed by atoms with Crippen LogP contribution in [-0.4, -0.2) is 22.9 Å². The van der Waals surface area contributed by atoms with Crippen molar-refractivity contribution in [2.24, 2.45) is 5.14 Å². The van der Waals surface area contributed by atoms with Crippen molar-refractivity contribution in [3.05, 3.63) is 59.3 Å². The molecule has 1 saturated carbocycles. The van der Waals surface area contributed by atoms with Crippen LogP contribution in [0.15, 0.2) is 69.1 Å². The van der Waals surface area contributed by atoms with Gasteiger partial charge in [-0.25, -0.2) is 31.5 Å². The number of hydrogen-bond acceptors (Lipinski definition) is 5. The summed E-state index contributed by atoms with van der Waals surface area (Å²) in [5.41, 5.74) is 3.53. The van der Waals surface area contributed by atoms with Gasteiger partial charge in [0.15, 0.2) is 0 Å². The van der Waals surface area contributed by atoms with Crippen LogP contribution in [0.4, 0.5) is 4.79 Å². The number of allylic oxidation sites excluding steroid dienone is 4. The first-order chi connectivity index (χ1) is 14.1. The molecule has 2 amide bonds. The van der Waals surface area contributed by atoms with Crippen molar-refractivity contribution in [1.82, 2.24) is 10.0 Å². The van der Waals surface area contributed by atoms with E-state index in [2.05, 4.69) is 18.0 Å². The van der Waals surface area contributed by atoms with Crippen LogP contribution in [0.3, 0.4) is 0 Å². The minimum Gasteiger partial charge on any atom is -0.307 e. The molecule has 0 spiro atoms. The molecule has 0 heterocycles. The number of primary sulfonamides is 1. The van der Waals surface area contributed by atoms with Crippen LogP contribution in [0.2, 0.25) is 0 Å². The van der Waals surface area contributed by atoms with Crippen molar-refractivity contribution in [1.29, 1.82) is 0 Å². The predicted molar refractivity (Wildman–Crippen MR) is 113 cm³/mol. The summed E-state index contributed by atoms with van der Waals surface area (Å²) in [7, 11) is -8.39. The fourth-order valence-electron chi connectivity index (χ4n) is 3.68. The Morgan fingerprint density at radius 1 is 1.00 bits per heavy atom. The monoisotopic (exact) mass is 451 g/mol. The molecule has 3 rings (SSSR count). The van der Waals surface area contributed by atoms with E-state index in [1.54, 1.807) is 0 Å². The summed E-state index contributed by atoms with van der Waals surface area (Å²) in [4.78, 5) is 11.8. The van der Waals surface area contributed by atoms with E-state index in [9.17, 15) is 21.6 Å². The Hall–Kier alpha value is -2.43. The van der Waals surface area contributed by atoms with Crippen LogP contribution in [0, 0.1) is 0 Å². The van der Waals surface area contributed by atoms with Gasteiger partial charge in [0.1, 0.15) is 0 Å². The standard InChI is InChI=1S/C20H25N3O5S2/c1-14-7-3-2-4-8-15-9-5-12-18(15)19(14)22-20(24)23-30(27,28)17-11-6-10-16(13-17)29(21,25)26/h6,8,10-11,13H,1-5,7,9,12H2,(H2,21,25,26)(H2,22,23,24)/b15-8-,19-18?. The van der Waals surface area contributed by atoms with Crippen LogP contribution in [0.25, 0.3) is 0 Å². The van der Waals surface area contributed by atoms with Crippen molar-refractivity contribution in [2.75, 3.05) is 0 Å². The highest BCUT2D eigenvalue weighted by molar-refractivity contribution is 7.90. The van der Waals surface area contributed by atoms with Gasteiger partial charge < -0.3 is 5.32 Å². The van der Waals surface area contributed by atoms with Gasteiger partial charge >= 0.3 is 6.03 Å². The van der Waals surface area contributed by atoms with E-state index < -0.39 is 26.1 Å². The van der Waals surface area contributed by atoms with Crippen LogP contribution in [0.1, 0.15) is 44.9 Å². The predicted octanol–water partition coefficient (Wildman–Crippen LogP) is 2.82. The second-order valence-electron chi connectivity index (χ2n) is 7.37. The quantitative estimate of drug-likeness (QED) is 0.647. The molecule has 0 atom stereocenters. The average Bonchev–Trinajstić information content (AvgIpc) is 3.13. The van der Waals surface area contributed by atoms with E-state index in [4.69, 9.17) is 5.14 Å². The van der Waals surface area contributed by atoms with Crippen molar-refractivity contribution >= 4 is 26.1 Å². The molecule has 0 saturated heterocycles.